The van der Waals surface area contributed by atoms with Crippen LogP contribution in [-0.4, -0.2) is 30.5 Å². The maximum Gasteiger partial charge on any atom is 0.435 e. The standard InChI is InChI=1S/C14H16F3N3O.ClH/c15-14(16,17)12-10(3-1-6-19-12)20-9-13(7-11(20)21)4-2-5-18-8-13;/h1,3,6,18H,2,4-5,7-9H2;1H. The van der Waals surface area contributed by atoms with Crippen LogP contribution in [0, 0.1) is 5.41 Å². The fourth-order valence-electron chi connectivity index (χ4n) is 3.26. The first kappa shape index (κ1) is 17.0. The topological polar surface area (TPSA) is 45.2 Å². The van der Waals surface area contributed by atoms with Crippen molar-refractivity contribution in [1.82, 2.24) is 10.3 Å². The summed E-state index contributed by atoms with van der Waals surface area (Å²) in [7, 11) is 0. The number of hydrogen-bond donors (Lipinski definition) is 1. The van der Waals surface area contributed by atoms with Crippen molar-refractivity contribution in [1.29, 1.82) is 0 Å². The molecular formula is C14H17ClF3N3O. The number of anilines is 1. The van der Waals surface area contributed by atoms with Crippen molar-refractivity contribution in [2.24, 2.45) is 5.41 Å². The molecule has 0 bridgehead atoms. The molecule has 0 radical (unpaired) electrons. The van der Waals surface area contributed by atoms with Crippen molar-refractivity contribution in [2.45, 2.75) is 25.4 Å². The Bertz CT molecular complexity index is 559. The van der Waals surface area contributed by atoms with Gasteiger partial charge in [0.25, 0.3) is 0 Å². The van der Waals surface area contributed by atoms with E-state index in [4.69, 9.17) is 0 Å². The summed E-state index contributed by atoms with van der Waals surface area (Å²) in [5.41, 5.74) is -1.36. The lowest BCUT2D eigenvalue weighted by molar-refractivity contribution is -0.140. The van der Waals surface area contributed by atoms with E-state index in [0.717, 1.165) is 25.6 Å². The van der Waals surface area contributed by atoms with Gasteiger partial charge in [-0.3, -0.25) is 4.79 Å². The molecule has 1 spiro atoms. The number of alkyl halides is 3. The van der Waals surface area contributed by atoms with Gasteiger partial charge in [-0.2, -0.15) is 13.2 Å². The highest BCUT2D eigenvalue weighted by Crippen LogP contribution is 2.42. The number of aromatic nitrogens is 1. The number of amides is 1. The van der Waals surface area contributed by atoms with Crippen LogP contribution in [0.2, 0.25) is 0 Å². The number of halogens is 4. The minimum atomic E-state index is -4.56. The number of carbonyl (C=O) groups excluding carboxylic acids is 1. The monoisotopic (exact) mass is 335 g/mol. The summed E-state index contributed by atoms with van der Waals surface area (Å²) in [5.74, 6) is -0.253. The van der Waals surface area contributed by atoms with Gasteiger partial charge in [-0.05, 0) is 31.5 Å². The molecule has 0 aliphatic carbocycles. The Labute approximate surface area is 132 Å². The van der Waals surface area contributed by atoms with Gasteiger partial charge in [0.2, 0.25) is 5.91 Å². The Morgan fingerprint density at radius 2 is 2.14 bits per heavy atom. The van der Waals surface area contributed by atoms with Gasteiger partial charge in [0.05, 0.1) is 5.69 Å². The normalized spacial score (nSPS) is 25.4. The molecule has 2 fully saturated rings. The van der Waals surface area contributed by atoms with Crippen molar-refractivity contribution in [3.05, 3.63) is 24.0 Å². The second-order valence-electron chi connectivity index (χ2n) is 5.81. The van der Waals surface area contributed by atoms with E-state index in [0.29, 0.717) is 19.5 Å². The molecule has 1 unspecified atom stereocenters. The molecule has 2 aliphatic rings. The van der Waals surface area contributed by atoms with E-state index in [1.54, 1.807) is 0 Å². The van der Waals surface area contributed by atoms with Crippen LogP contribution >= 0.6 is 12.4 Å². The summed E-state index contributed by atoms with van der Waals surface area (Å²) in [6.07, 6.45) is -1.35. The van der Waals surface area contributed by atoms with Crippen molar-refractivity contribution in [2.75, 3.05) is 24.5 Å². The van der Waals surface area contributed by atoms with Gasteiger partial charge < -0.3 is 10.2 Å². The van der Waals surface area contributed by atoms with Crippen molar-refractivity contribution in [3.8, 4) is 0 Å². The average molecular weight is 336 g/mol. The van der Waals surface area contributed by atoms with E-state index in [-0.39, 0.29) is 29.4 Å². The summed E-state index contributed by atoms with van der Waals surface area (Å²) in [4.78, 5) is 16.9. The molecule has 1 N–H and O–H groups in total. The van der Waals surface area contributed by atoms with E-state index in [1.165, 1.54) is 17.0 Å². The molecule has 1 aromatic rings. The SMILES string of the molecule is Cl.O=C1CC2(CCCNC2)CN1c1cccnc1C(F)(F)F. The van der Waals surface area contributed by atoms with Crippen molar-refractivity contribution < 1.29 is 18.0 Å². The van der Waals surface area contributed by atoms with E-state index >= 15 is 0 Å². The van der Waals surface area contributed by atoms with Crippen molar-refractivity contribution >= 4 is 24.0 Å². The minimum Gasteiger partial charge on any atom is -0.316 e. The zero-order chi connectivity index (χ0) is 15.1. The highest BCUT2D eigenvalue weighted by Gasteiger charge is 2.47. The highest BCUT2D eigenvalue weighted by atomic mass is 35.5. The van der Waals surface area contributed by atoms with Gasteiger partial charge in [-0.25, -0.2) is 4.98 Å². The summed E-state index contributed by atoms with van der Waals surface area (Å²) in [6, 6.07) is 2.75. The highest BCUT2D eigenvalue weighted by molar-refractivity contribution is 5.97. The minimum absolute atomic E-state index is 0. The average Bonchev–Trinajstić information content (AvgIpc) is 2.75. The van der Waals surface area contributed by atoms with Crippen LogP contribution in [0.3, 0.4) is 0 Å². The van der Waals surface area contributed by atoms with Crippen LogP contribution < -0.4 is 10.2 Å². The number of piperidine rings is 1. The third-order valence-corrected chi connectivity index (χ3v) is 4.23. The molecule has 3 heterocycles. The molecule has 8 heteroatoms. The van der Waals surface area contributed by atoms with Gasteiger partial charge >= 0.3 is 6.18 Å². The zero-order valence-corrected chi connectivity index (χ0v) is 12.6. The van der Waals surface area contributed by atoms with E-state index in [1.807, 2.05) is 0 Å². The third kappa shape index (κ3) is 3.05. The van der Waals surface area contributed by atoms with E-state index in [9.17, 15) is 18.0 Å². The van der Waals surface area contributed by atoms with Gasteiger partial charge in [0, 0.05) is 31.1 Å². The van der Waals surface area contributed by atoms with Crippen LogP contribution in [0.25, 0.3) is 0 Å². The number of rotatable bonds is 1. The number of nitrogens with zero attached hydrogens (tertiary/aromatic N) is 2. The maximum atomic E-state index is 13.0. The molecule has 4 nitrogen and oxygen atoms in total. The van der Waals surface area contributed by atoms with E-state index < -0.39 is 11.9 Å². The third-order valence-electron chi connectivity index (χ3n) is 4.23. The van der Waals surface area contributed by atoms with Crippen LogP contribution in [0.4, 0.5) is 18.9 Å². The Kier molecular flexibility index (Phi) is 4.67. The zero-order valence-electron chi connectivity index (χ0n) is 11.8. The second kappa shape index (κ2) is 6.04. The lowest BCUT2D eigenvalue weighted by Crippen LogP contribution is -2.42. The maximum absolute atomic E-state index is 13.0. The molecule has 122 valence electrons. The first-order valence-corrected chi connectivity index (χ1v) is 6.95. The van der Waals surface area contributed by atoms with Gasteiger partial charge in [0.1, 0.15) is 0 Å². The first-order valence-electron chi connectivity index (χ1n) is 6.95. The fourth-order valence-corrected chi connectivity index (χ4v) is 3.26. The molecule has 22 heavy (non-hydrogen) atoms. The van der Waals surface area contributed by atoms with Crippen LogP contribution in [-0.2, 0) is 11.0 Å². The number of nitrogens with one attached hydrogen (secondary N) is 1. The quantitative estimate of drug-likeness (QED) is 0.858. The van der Waals surface area contributed by atoms with Gasteiger partial charge in [-0.1, -0.05) is 0 Å². The Morgan fingerprint density at radius 3 is 2.77 bits per heavy atom. The summed E-state index contributed by atoms with van der Waals surface area (Å²) < 4.78 is 39.1. The van der Waals surface area contributed by atoms with E-state index in [2.05, 4.69) is 10.3 Å². The predicted octanol–water partition coefficient (Wildman–Crippen LogP) is 2.63. The van der Waals surface area contributed by atoms with Crippen LogP contribution in [0.1, 0.15) is 25.0 Å². The molecule has 2 saturated heterocycles. The summed E-state index contributed by atoms with van der Waals surface area (Å²) >= 11 is 0. The molecule has 0 saturated carbocycles. The molecule has 3 rings (SSSR count). The van der Waals surface area contributed by atoms with Crippen LogP contribution in [0.5, 0.6) is 0 Å². The molecule has 1 aromatic heterocycles. The van der Waals surface area contributed by atoms with Crippen molar-refractivity contribution in [3.63, 3.8) is 0 Å². The molecule has 1 amide bonds. The summed E-state index contributed by atoms with van der Waals surface area (Å²) in [6.45, 7) is 1.90. The molecule has 0 aromatic carbocycles. The van der Waals surface area contributed by atoms with Crippen LogP contribution in [0.15, 0.2) is 18.3 Å². The Balaban J connectivity index is 0.00000176. The fraction of sp³-hybridized carbons (Fsp3) is 0.571. The first-order chi connectivity index (χ1) is 9.91. The Morgan fingerprint density at radius 1 is 1.36 bits per heavy atom. The Hall–Kier alpha value is -1.34. The summed E-state index contributed by atoms with van der Waals surface area (Å²) in [5, 5.41) is 3.24. The van der Waals surface area contributed by atoms with Gasteiger partial charge in [-0.15, -0.1) is 12.4 Å². The predicted molar refractivity (Wildman–Crippen MR) is 78.0 cm³/mol. The molecule has 2 aliphatic heterocycles. The van der Waals surface area contributed by atoms with Gasteiger partial charge in [0.15, 0.2) is 5.69 Å². The smallest absolute Gasteiger partial charge is 0.316 e. The number of hydrogen-bond acceptors (Lipinski definition) is 3. The molecular weight excluding hydrogens is 319 g/mol. The number of pyridine rings is 1. The lowest BCUT2D eigenvalue weighted by atomic mass is 9.80. The second-order valence-corrected chi connectivity index (χ2v) is 5.81. The lowest BCUT2D eigenvalue weighted by Gasteiger charge is -2.33. The largest absolute Gasteiger partial charge is 0.435 e. The number of carbonyl (C=O) groups is 1. The molecule has 1 atom stereocenters.